The van der Waals surface area contributed by atoms with E-state index in [1.807, 2.05) is 6.92 Å². The van der Waals surface area contributed by atoms with Crippen LogP contribution in [0.25, 0.3) is 0 Å². The van der Waals surface area contributed by atoms with Gasteiger partial charge in [-0.05, 0) is 70.0 Å². The van der Waals surface area contributed by atoms with Crippen molar-refractivity contribution in [3.8, 4) is 0 Å². The van der Waals surface area contributed by atoms with Crippen molar-refractivity contribution in [2.24, 2.45) is 0 Å². The molecule has 0 amide bonds. The van der Waals surface area contributed by atoms with Crippen LogP contribution in [0, 0.1) is 0 Å². The number of rotatable bonds is 11. The van der Waals surface area contributed by atoms with E-state index in [0.717, 1.165) is 6.42 Å². The maximum Gasteiger partial charge on any atom is 0.423 e. The molecule has 1 N–H and O–H groups in total. The van der Waals surface area contributed by atoms with Gasteiger partial charge in [-0.1, -0.05) is 92.4 Å². The highest BCUT2D eigenvalue weighted by atomic mass is 35.5. The molecule has 0 spiro atoms. The number of halogens is 4. The Morgan fingerprint density at radius 1 is 0.775 bits per heavy atom. The van der Waals surface area contributed by atoms with E-state index in [2.05, 4.69) is 0 Å². The average molecular weight is 594 g/mol. The van der Waals surface area contributed by atoms with Gasteiger partial charge in [0.05, 0.1) is 0 Å². The standard InChI is InChI=1S/C32H38ClF3O3P/c1-5-6-7-17-24-30(38,32(34,35)36)31(33,28(37)39-29(2,3)4)40(25-18-11-8-12-19-25,26-20-13-9-14-21-26)27-22-15-10-16-23-27/h8-16,18-23,38H,5-7,17,24H2,1-4H3/q+1. The van der Waals surface area contributed by atoms with Gasteiger partial charge in [0.2, 0.25) is 5.60 Å². The maximum absolute atomic E-state index is 15.5. The second-order valence-electron chi connectivity index (χ2n) is 11.0. The van der Waals surface area contributed by atoms with Crippen LogP contribution in [-0.4, -0.2) is 33.1 Å². The van der Waals surface area contributed by atoms with Crippen molar-refractivity contribution >= 4 is 40.7 Å². The number of aliphatic hydroxyl groups is 1. The number of hydrogen-bond acceptors (Lipinski definition) is 3. The van der Waals surface area contributed by atoms with Crippen LogP contribution >= 0.6 is 18.9 Å². The normalized spacial score (nSPS) is 15.6. The summed E-state index contributed by atoms with van der Waals surface area (Å²) in [5.74, 6) is -1.30. The first-order valence-corrected chi connectivity index (χ1v) is 15.7. The van der Waals surface area contributed by atoms with E-state index in [4.69, 9.17) is 16.3 Å². The Balaban J connectivity index is 2.58. The molecule has 0 radical (unpaired) electrons. The molecule has 3 aromatic carbocycles. The Labute approximate surface area is 241 Å². The Bertz CT molecular complexity index is 1140. The van der Waals surface area contributed by atoms with Crippen LogP contribution in [0.2, 0.25) is 0 Å². The fourth-order valence-electron chi connectivity index (χ4n) is 5.17. The molecule has 0 bridgehead atoms. The summed E-state index contributed by atoms with van der Waals surface area (Å²) in [6, 6.07) is 25.6. The second-order valence-corrected chi connectivity index (χ2v) is 15.4. The summed E-state index contributed by atoms with van der Waals surface area (Å²) in [5, 5.41) is 13.4. The maximum atomic E-state index is 15.5. The molecule has 0 aliphatic rings. The number of ether oxygens (including phenoxy) is 1. The SMILES string of the molecule is CCCCCCC(O)(C(F)(F)F)C(Cl)(C(=O)OC(C)(C)C)[P+](c1ccccc1)(c1ccccc1)c1ccccc1. The lowest BCUT2D eigenvalue weighted by Gasteiger charge is -2.48. The minimum Gasteiger partial charge on any atom is -0.456 e. The topological polar surface area (TPSA) is 46.5 Å². The van der Waals surface area contributed by atoms with Crippen LogP contribution in [0.3, 0.4) is 0 Å². The minimum atomic E-state index is -5.26. The zero-order valence-electron chi connectivity index (χ0n) is 23.4. The van der Waals surface area contributed by atoms with E-state index in [9.17, 15) is 9.90 Å². The highest BCUT2D eigenvalue weighted by Gasteiger charge is 2.83. The summed E-state index contributed by atoms with van der Waals surface area (Å²) in [5.41, 5.74) is -4.81. The first-order chi connectivity index (χ1) is 18.8. The number of esters is 1. The summed E-state index contributed by atoms with van der Waals surface area (Å²) < 4.78 is 49.1. The highest BCUT2D eigenvalue weighted by molar-refractivity contribution is 7.98. The number of hydrogen-bond donors (Lipinski definition) is 1. The van der Waals surface area contributed by atoms with Crippen LogP contribution in [0.15, 0.2) is 91.0 Å². The molecule has 0 heterocycles. The van der Waals surface area contributed by atoms with Crippen molar-refractivity contribution in [1.29, 1.82) is 0 Å². The zero-order valence-corrected chi connectivity index (χ0v) is 25.1. The number of carbonyl (C=O) groups excluding carboxylic acids is 1. The van der Waals surface area contributed by atoms with Gasteiger partial charge in [0, 0.05) is 0 Å². The van der Waals surface area contributed by atoms with Gasteiger partial charge in [-0.25, -0.2) is 4.79 Å². The molecule has 0 fully saturated rings. The molecule has 0 saturated carbocycles. The molecule has 2 atom stereocenters. The third kappa shape index (κ3) is 5.95. The largest absolute Gasteiger partial charge is 0.456 e. The number of carbonyl (C=O) groups is 1. The minimum absolute atomic E-state index is 0.0273. The van der Waals surface area contributed by atoms with Gasteiger partial charge in [0.1, 0.15) is 28.8 Å². The molecular formula is C32H38ClF3O3P+. The summed E-state index contributed by atoms with van der Waals surface area (Å²) >= 11 is 7.43. The molecule has 40 heavy (non-hydrogen) atoms. The molecule has 0 saturated heterocycles. The lowest BCUT2D eigenvalue weighted by molar-refractivity contribution is -0.269. The zero-order chi connectivity index (χ0) is 29.7. The lowest BCUT2D eigenvalue weighted by Crippen LogP contribution is -2.69. The van der Waals surface area contributed by atoms with E-state index < -0.39 is 41.6 Å². The molecule has 3 aromatic rings. The third-order valence-electron chi connectivity index (χ3n) is 6.97. The van der Waals surface area contributed by atoms with Crippen molar-refractivity contribution in [2.75, 3.05) is 0 Å². The van der Waals surface area contributed by atoms with E-state index in [1.54, 1.807) is 112 Å². The van der Waals surface area contributed by atoms with Crippen LogP contribution in [0.5, 0.6) is 0 Å². The van der Waals surface area contributed by atoms with E-state index >= 15 is 13.2 Å². The van der Waals surface area contributed by atoms with E-state index in [0.29, 0.717) is 28.8 Å². The fourth-order valence-corrected chi connectivity index (χ4v) is 11.2. The van der Waals surface area contributed by atoms with Gasteiger partial charge in [-0.3, -0.25) is 0 Å². The van der Waals surface area contributed by atoms with Crippen LogP contribution < -0.4 is 15.9 Å². The first-order valence-electron chi connectivity index (χ1n) is 13.5. The monoisotopic (exact) mass is 593 g/mol. The Morgan fingerprint density at radius 3 is 1.50 bits per heavy atom. The second kappa shape index (κ2) is 12.6. The number of benzene rings is 3. The van der Waals surface area contributed by atoms with Gasteiger partial charge >= 0.3 is 12.1 Å². The van der Waals surface area contributed by atoms with Gasteiger partial charge in [0.25, 0.3) is 4.62 Å². The molecule has 2 unspecified atom stereocenters. The molecule has 3 rings (SSSR count). The Hall–Kier alpha value is -2.40. The first kappa shape index (κ1) is 32.1. The molecular weight excluding hydrogens is 556 g/mol. The molecule has 0 aliphatic heterocycles. The third-order valence-corrected chi connectivity index (χ3v) is 12.9. The van der Waals surface area contributed by atoms with Gasteiger partial charge < -0.3 is 9.84 Å². The molecule has 0 aliphatic carbocycles. The van der Waals surface area contributed by atoms with Crippen molar-refractivity contribution in [1.82, 2.24) is 0 Å². The van der Waals surface area contributed by atoms with Crippen molar-refractivity contribution in [3.63, 3.8) is 0 Å². The average Bonchev–Trinajstić information content (AvgIpc) is 2.91. The Kier molecular flexibility index (Phi) is 10.1. The predicted octanol–water partition coefficient (Wildman–Crippen LogP) is 7.52. The van der Waals surface area contributed by atoms with Crippen LogP contribution in [0.1, 0.15) is 59.8 Å². The highest BCUT2D eigenvalue weighted by Crippen LogP contribution is 2.74. The molecule has 3 nitrogen and oxygen atoms in total. The molecule has 8 heteroatoms. The van der Waals surface area contributed by atoms with Crippen LogP contribution in [0.4, 0.5) is 13.2 Å². The summed E-state index contributed by atoms with van der Waals surface area (Å²) in [4.78, 5) is 14.4. The van der Waals surface area contributed by atoms with Crippen LogP contribution in [-0.2, 0) is 9.53 Å². The number of unbranched alkanes of at least 4 members (excludes halogenated alkanes) is 3. The van der Waals surface area contributed by atoms with E-state index in [1.165, 1.54) is 0 Å². The van der Waals surface area contributed by atoms with E-state index in [-0.39, 0.29) is 6.42 Å². The molecule has 0 aromatic heterocycles. The van der Waals surface area contributed by atoms with Gasteiger partial charge in [-0.2, -0.15) is 13.2 Å². The quantitative estimate of drug-likeness (QED) is 0.108. The smallest absolute Gasteiger partial charge is 0.423 e. The predicted molar refractivity (Wildman–Crippen MR) is 159 cm³/mol. The summed E-state index contributed by atoms with van der Waals surface area (Å²) in [6.45, 7) is 6.66. The number of alkyl halides is 4. The van der Waals surface area contributed by atoms with Crippen molar-refractivity contribution in [2.45, 2.75) is 81.8 Å². The van der Waals surface area contributed by atoms with Crippen molar-refractivity contribution < 1.29 is 27.8 Å². The Morgan fingerprint density at radius 2 is 1.18 bits per heavy atom. The summed E-state index contributed by atoms with van der Waals surface area (Å²) in [7, 11) is -3.87. The van der Waals surface area contributed by atoms with Gasteiger partial charge in [-0.15, -0.1) is 0 Å². The fraction of sp³-hybridized carbons (Fsp3) is 0.406. The van der Waals surface area contributed by atoms with Crippen molar-refractivity contribution in [3.05, 3.63) is 91.0 Å². The lowest BCUT2D eigenvalue weighted by atomic mass is 9.90. The summed E-state index contributed by atoms with van der Waals surface area (Å²) in [6.07, 6.45) is -4.07. The molecule has 216 valence electrons. The van der Waals surface area contributed by atoms with Gasteiger partial charge in [0.15, 0.2) is 0 Å².